The number of hydrogen-bond acceptors (Lipinski definition) is 3. The molecule has 0 saturated carbocycles. The normalized spacial score (nSPS) is 11.3. The zero-order valence-corrected chi connectivity index (χ0v) is 18.2. The first-order valence-corrected chi connectivity index (χ1v) is 11.8. The van der Waals surface area contributed by atoms with Crippen molar-refractivity contribution in [3.63, 3.8) is 0 Å². The summed E-state index contributed by atoms with van der Waals surface area (Å²) in [6.07, 6.45) is 28.6. The van der Waals surface area contributed by atoms with Gasteiger partial charge in [0, 0.05) is 0 Å². The zero-order chi connectivity index (χ0) is 19.8. The van der Waals surface area contributed by atoms with Crippen molar-refractivity contribution in [2.24, 2.45) is 5.73 Å². The second-order valence-electron chi connectivity index (χ2n) is 7.78. The first-order valence-electron chi connectivity index (χ1n) is 11.8. The number of carbonyl (C=O) groups is 1. The van der Waals surface area contributed by atoms with E-state index in [4.69, 9.17) is 10.5 Å². The molecule has 0 rings (SSSR count). The maximum Gasteiger partial charge on any atom is 0.319 e. The van der Waals surface area contributed by atoms with Crippen LogP contribution in [-0.4, -0.2) is 19.1 Å². The predicted octanol–water partition coefficient (Wildman–Crippen LogP) is 7.09. The van der Waals surface area contributed by atoms with Gasteiger partial charge in [-0.05, 0) is 32.1 Å². The van der Waals surface area contributed by atoms with E-state index in [1.807, 2.05) is 0 Å². The van der Waals surface area contributed by atoms with Crippen LogP contribution in [0.3, 0.4) is 0 Å². The number of carbonyl (C=O) groups excluding carboxylic acids is 1. The van der Waals surface area contributed by atoms with Crippen molar-refractivity contribution in [1.29, 1.82) is 0 Å². The van der Waals surface area contributed by atoms with Crippen molar-refractivity contribution in [3.8, 4) is 0 Å². The van der Waals surface area contributed by atoms with Crippen molar-refractivity contribution >= 4 is 5.97 Å². The molecule has 0 atom stereocenters. The van der Waals surface area contributed by atoms with E-state index in [0.717, 1.165) is 12.8 Å². The van der Waals surface area contributed by atoms with Gasteiger partial charge in [0.05, 0.1) is 13.2 Å². The molecule has 0 aromatic rings. The maximum absolute atomic E-state index is 10.9. The zero-order valence-electron chi connectivity index (χ0n) is 18.2. The lowest BCUT2D eigenvalue weighted by atomic mass is 10.1. The fraction of sp³-hybridized carbons (Fsp3) is 0.875. The van der Waals surface area contributed by atoms with Gasteiger partial charge >= 0.3 is 5.97 Å². The van der Waals surface area contributed by atoms with Gasteiger partial charge < -0.3 is 10.5 Å². The van der Waals surface area contributed by atoms with Gasteiger partial charge in [-0.25, -0.2) is 0 Å². The summed E-state index contributed by atoms with van der Waals surface area (Å²) in [5.74, 6) is -0.289. The second-order valence-corrected chi connectivity index (χ2v) is 7.78. The molecule has 2 N–H and O–H groups in total. The molecule has 0 bridgehead atoms. The summed E-state index contributed by atoms with van der Waals surface area (Å²) in [4.78, 5) is 10.9. The minimum Gasteiger partial charge on any atom is -0.465 e. The fourth-order valence-electron chi connectivity index (χ4n) is 3.30. The first kappa shape index (κ1) is 26.2. The van der Waals surface area contributed by atoms with Crippen LogP contribution in [0.15, 0.2) is 12.2 Å². The van der Waals surface area contributed by atoms with E-state index in [-0.39, 0.29) is 12.5 Å². The minimum absolute atomic E-state index is 0.00448. The summed E-state index contributed by atoms with van der Waals surface area (Å²) in [5.41, 5.74) is 5.18. The molecule has 0 aliphatic rings. The molecule has 3 heteroatoms. The molecule has 0 amide bonds. The third-order valence-electron chi connectivity index (χ3n) is 5.09. The number of ether oxygens (including phenoxy) is 1. The largest absolute Gasteiger partial charge is 0.465 e. The van der Waals surface area contributed by atoms with Crippen molar-refractivity contribution in [2.45, 2.75) is 122 Å². The molecular weight excluding hydrogens is 334 g/mol. The van der Waals surface area contributed by atoms with Gasteiger partial charge in [0.15, 0.2) is 0 Å². The molecule has 0 aliphatic carbocycles. The molecule has 0 aromatic heterocycles. The summed E-state index contributed by atoms with van der Waals surface area (Å²) >= 11 is 0. The third kappa shape index (κ3) is 23.1. The summed E-state index contributed by atoms with van der Waals surface area (Å²) < 4.78 is 4.96. The molecule has 0 spiro atoms. The average Bonchev–Trinajstić information content (AvgIpc) is 2.68. The van der Waals surface area contributed by atoms with E-state index >= 15 is 0 Å². The summed E-state index contributed by atoms with van der Waals surface area (Å²) in [5, 5.41) is 0. The second kappa shape index (κ2) is 23.2. The highest BCUT2D eigenvalue weighted by Gasteiger charge is 1.97. The van der Waals surface area contributed by atoms with E-state index in [0.29, 0.717) is 6.61 Å². The Bertz CT molecular complexity index is 328. The topological polar surface area (TPSA) is 52.3 Å². The monoisotopic (exact) mass is 381 g/mol. The van der Waals surface area contributed by atoms with Crippen LogP contribution >= 0.6 is 0 Å². The Hall–Kier alpha value is -0.830. The average molecular weight is 382 g/mol. The number of allylic oxidation sites excluding steroid dienone is 2. The molecule has 27 heavy (non-hydrogen) atoms. The molecule has 0 radical (unpaired) electrons. The number of unbranched alkanes of at least 4 members (excludes halogenated alkanes) is 16. The van der Waals surface area contributed by atoms with Gasteiger partial charge in [-0.3, -0.25) is 4.79 Å². The molecule has 0 unspecified atom stereocenters. The SMILES string of the molecule is CCCCCCCC/C=C\CCCCCCCCCCCCOC(=O)CN. The van der Waals surface area contributed by atoms with Crippen LogP contribution in [0.2, 0.25) is 0 Å². The van der Waals surface area contributed by atoms with Crippen LogP contribution in [0.25, 0.3) is 0 Å². The number of nitrogens with two attached hydrogens (primary N) is 1. The first-order chi connectivity index (χ1) is 13.3. The van der Waals surface area contributed by atoms with Gasteiger partial charge in [-0.2, -0.15) is 0 Å². The van der Waals surface area contributed by atoms with Crippen molar-refractivity contribution in [2.75, 3.05) is 13.2 Å². The Balaban J connectivity index is 3.08. The number of rotatable bonds is 21. The Morgan fingerprint density at radius 3 is 1.52 bits per heavy atom. The quantitative estimate of drug-likeness (QED) is 0.131. The van der Waals surface area contributed by atoms with E-state index in [2.05, 4.69) is 19.1 Å². The lowest BCUT2D eigenvalue weighted by molar-refractivity contribution is -0.142. The highest BCUT2D eigenvalue weighted by Crippen LogP contribution is 2.12. The van der Waals surface area contributed by atoms with E-state index in [1.165, 1.54) is 103 Å². The molecule has 0 fully saturated rings. The molecule has 160 valence electrons. The van der Waals surface area contributed by atoms with Crippen LogP contribution in [0.4, 0.5) is 0 Å². The molecule has 0 saturated heterocycles. The predicted molar refractivity (Wildman–Crippen MR) is 118 cm³/mol. The van der Waals surface area contributed by atoms with Crippen LogP contribution in [0.1, 0.15) is 122 Å². The summed E-state index contributed by atoms with van der Waals surface area (Å²) in [6, 6.07) is 0. The van der Waals surface area contributed by atoms with Crippen LogP contribution in [-0.2, 0) is 9.53 Å². The van der Waals surface area contributed by atoms with E-state index in [9.17, 15) is 4.79 Å². The van der Waals surface area contributed by atoms with Crippen LogP contribution < -0.4 is 5.73 Å². The standard InChI is InChI=1S/C24H47NO2/c1-2-3-4-5-6-7-8-9-10-11-12-13-14-15-16-17-18-19-20-21-22-27-24(26)23-25/h9-10H,2-8,11-23,25H2,1H3/b10-9-. The molecule has 0 aromatic carbocycles. The summed E-state index contributed by atoms with van der Waals surface area (Å²) in [7, 11) is 0. The molecule has 0 heterocycles. The van der Waals surface area contributed by atoms with E-state index in [1.54, 1.807) is 0 Å². The lowest BCUT2D eigenvalue weighted by Crippen LogP contribution is -2.17. The molecular formula is C24H47NO2. The van der Waals surface area contributed by atoms with Crippen molar-refractivity contribution in [1.82, 2.24) is 0 Å². The Morgan fingerprint density at radius 2 is 1.07 bits per heavy atom. The van der Waals surface area contributed by atoms with Gasteiger partial charge in [0.1, 0.15) is 0 Å². The number of hydrogen-bond donors (Lipinski definition) is 1. The smallest absolute Gasteiger partial charge is 0.319 e. The van der Waals surface area contributed by atoms with Crippen molar-refractivity contribution in [3.05, 3.63) is 12.2 Å². The molecule has 0 aliphatic heterocycles. The van der Waals surface area contributed by atoms with Crippen molar-refractivity contribution < 1.29 is 9.53 Å². The van der Waals surface area contributed by atoms with E-state index < -0.39 is 0 Å². The Kier molecular flexibility index (Phi) is 22.5. The van der Waals surface area contributed by atoms with Gasteiger partial charge in [0.25, 0.3) is 0 Å². The van der Waals surface area contributed by atoms with Crippen LogP contribution in [0.5, 0.6) is 0 Å². The fourth-order valence-corrected chi connectivity index (χ4v) is 3.30. The molecule has 3 nitrogen and oxygen atoms in total. The third-order valence-corrected chi connectivity index (χ3v) is 5.09. The lowest BCUT2D eigenvalue weighted by Gasteiger charge is -2.04. The highest BCUT2D eigenvalue weighted by molar-refractivity contribution is 5.71. The summed E-state index contributed by atoms with van der Waals surface area (Å²) in [6.45, 7) is 2.80. The number of esters is 1. The van der Waals surface area contributed by atoms with Crippen LogP contribution in [0, 0.1) is 0 Å². The Morgan fingerprint density at radius 1 is 0.667 bits per heavy atom. The minimum atomic E-state index is -0.289. The maximum atomic E-state index is 10.9. The Labute approximate surface area is 169 Å². The van der Waals surface area contributed by atoms with Gasteiger partial charge in [-0.1, -0.05) is 103 Å². The van der Waals surface area contributed by atoms with Gasteiger partial charge in [0.2, 0.25) is 0 Å². The highest BCUT2D eigenvalue weighted by atomic mass is 16.5. The van der Waals surface area contributed by atoms with Gasteiger partial charge in [-0.15, -0.1) is 0 Å².